The monoisotopic (exact) mass is 491 g/mol. The van der Waals surface area contributed by atoms with E-state index in [9.17, 15) is 44.7 Å². The number of ketones is 2. The normalized spacial score (nSPS) is 12.2. The van der Waals surface area contributed by atoms with Gasteiger partial charge in [0.05, 0.1) is 14.8 Å². The van der Waals surface area contributed by atoms with Crippen molar-refractivity contribution in [2.45, 2.75) is 18.3 Å². The minimum absolute atomic E-state index is 0.0382. The van der Waals surface area contributed by atoms with Gasteiger partial charge < -0.3 is 4.79 Å². The second kappa shape index (κ2) is 10.4. The predicted octanol–water partition coefficient (Wildman–Crippen LogP) is 3.47. The van der Waals surface area contributed by atoms with E-state index in [2.05, 4.69) is 0 Å². The van der Waals surface area contributed by atoms with Crippen LogP contribution in [0.3, 0.4) is 0 Å². The fraction of sp³-hybridized carbons (Fsp3) is 0.125. The summed E-state index contributed by atoms with van der Waals surface area (Å²) in [6.45, 7) is 0. The Morgan fingerprint density at radius 3 is 1.92 bits per heavy atom. The number of hydrogen-bond donors (Lipinski definition) is 0. The van der Waals surface area contributed by atoms with E-state index in [1.807, 2.05) is 0 Å². The zero-order valence-electron chi connectivity index (χ0n) is 18.4. The van der Waals surface area contributed by atoms with Crippen molar-refractivity contribution in [3.05, 3.63) is 120 Å². The average molecular weight is 491 g/mol. The first kappa shape index (κ1) is 25.5. The van der Waals surface area contributed by atoms with Crippen LogP contribution in [0.15, 0.2) is 72.8 Å². The Labute approximate surface area is 202 Å². The number of nitrogens with zero attached hydrogens (tertiary/aromatic N) is 3. The molecule has 0 radical (unpaired) electrons. The SMILES string of the molecule is O=CC(C(=O)Cc1cccc([N+](=O)[O-])c1)(C(=O)Cc1ccccc1[N+](=O)[O-])c1ccc([N+](=O)[O-])cc1. The Bertz CT molecular complexity index is 1390. The quantitative estimate of drug-likeness (QED) is 0.168. The summed E-state index contributed by atoms with van der Waals surface area (Å²) >= 11 is 0. The maximum absolute atomic E-state index is 13.5. The summed E-state index contributed by atoms with van der Waals surface area (Å²) in [5.74, 6) is -1.94. The van der Waals surface area contributed by atoms with Crippen LogP contribution in [0.4, 0.5) is 17.1 Å². The van der Waals surface area contributed by atoms with E-state index in [0.717, 1.165) is 30.3 Å². The first-order valence-electron chi connectivity index (χ1n) is 10.3. The number of non-ortho nitro benzene ring substituents is 2. The lowest BCUT2D eigenvalue weighted by Gasteiger charge is -2.26. The minimum atomic E-state index is -2.47. The number of benzene rings is 3. The molecule has 0 aliphatic carbocycles. The van der Waals surface area contributed by atoms with E-state index < -0.39 is 44.6 Å². The summed E-state index contributed by atoms with van der Waals surface area (Å²) in [5.41, 5.74) is -3.56. The number of aldehydes is 1. The number of nitro groups is 3. The number of hydrogen-bond acceptors (Lipinski definition) is 9. The first-order chi connectivity index (χ1) is 17.1. The molecule has 1 atom stereocenters. The summed E-state index contributed by atoms with van der Waals surface area (Å²) in [6, 6.07) is 14.6. The second-order valence-corrected chi connectivity index (χ2v) is 7.74. The Hall–Kier alpha value is -5.13. The molecule has 0 aliphatic heterocycles. The molecule has 1 unspecified atom stereocenters. The largest absolute Gasteiger partial charge is 0.301 e. The van der Waals surface area contributed by atoms with Crippen LogP contribution in [-0.4, -0.2) is 32.6 Å². The van der Waals surface area contributed by atoms with Gasteiger partial charge in [-0.1, -0.05) is 42.5 Å². The second-order valence-electron chi connectivity index (χ2n) is 7.74. The van der Waals surface area contributed by atoms with Crippen LogP contribution >= 0.6 is 0 Å². The van der Waals surface area contributed by atoms with Crippen LogP contribution in [0.25, 0.3) is 0 Å². The fourth-order valence-corrected chi connectivity index (χ4v) is 3.78. The number of rotatable bonds is 11. The molecule has 0 fully saturated rings. The van der Waals surface area contributed by atoms with Gasteiger partial charge in [-0.25, -0.2) is 0 Å². The van der Waals surface area contributed by atoms with Crippen molar-refractivity contribution >= 4 is 34.9 Å². The Morgan fingerprint density at radius 1 is 0.722 bits per heavy atom. The molecule has 12 nitrogen and oxygen atoms in total. The molecule has 3 aromatic carbocycles. The molecule has 0 aliphatic rings. The summed E-state index contributed by atoms with van der Waals surface area (Å²) in [6.07, 6.45) is -1.11. The maximum atomic E-state index is 13.5. The van der Waals surface area contributed by atoms with Crippen LogP contribution in [0.5, 0.6) is 0 Å². The highest BCUT2D eigenvalue weighted by molar-refractivity contribution is 6.25. The van der Waals surface area contributed by atoms with Gasteiger partial charge in [-0.15, -0.1) is 0 Å². The van der Waals surface area contributed by atoms with Gasteiger partial charge in [0.2, 0.25) is 0 Å². The Morgan fingerprint density at radius 2 is 1.33 bits per heavy atom. The van der Waals surface area contributed by atoms with Crippen LogP contribution in [-0.2, 0) is 32.6 Å². The van der Waals surface area contributed by atoms with E-state index >= 15 is 0 Å². The van der Waals surface area contributed by atoms with Crippen molar-refractivity contribution in [1.82, 2.24) is 0 Å². The third-order valence-corrected chi connectivity index (χ3v) is 5.62. The molecule has 182 valence electrons. The zero-order valence-corrected chi connectivity index (χ0v) is 18.4. The molecule has 0 amide bonds. The highest BCUT2D eigenvalue weighted by Crippen LogP contribution is 2.31. The zero-order chi connectivity index (χ0) is 26.5. The van der Waals surface area contributed by atoms with E-state index in [0.29, 0.717) is 0 Å². The summed E-state index contributed by atoms with van der Waals surface area (Å²) in [5, 5.41) is 33.5. The average Bonchev–Trinajstić information content (AvgIpc) is 2.85. The van der Waals surface area contributed by atoms with Gasteiger partial charge in [-0.2, -0.15) is 0 Å². The van der Waals surface area contributed by atoms with Crippen molar-refractivity contribution < 1.29 is 29.2 Å². The standard InChI is InChI=1S/C24H17N3O9/c28-15-24(18-8-10-19(11-9-18)25(31)32,22(29)13-16-4-3-6-20(12-16)26(33)34)23(30)14-17-5-1-2-7-21(17)27(35)36/h1-12,15H,13-14H2. The molecule has 3 aromatic rings. The molecular formula is C24H17N3O9. The predicted molar refractivity (Wildman–Crippen MR) is 124 cm³/mol. The topological polar surface area (TPSA) is 181 Å². The van der Waals surface area contributed by atoms with Crippen molar-refractivity contribution in [3.8, 4) is 0 Å². The summed E-state index contributed by atoms with van der Waals surface area (Å²) in [7, 11) is 0. The Kier molecular flexibility index (Phi) is 7.38. The molecular weight excluding hydrogens is 474 g/mol. The van der Waals surface area contributed by atoms with Crippen LogP contribution in [0.1, 0.15) is 16.7 Å². The molecule has 12 heteroatoms. The van der Waals surface area contributed by atoms with Crippen molar-refractivity contribution in [2.75, 3.05) is 0 Å². The van der Waals surface area contributed by atoms with Gasteiger partial charge in [0.15, 0.2) is 17.0 Å². The van der Waals surface area contributed by atoms with Crippen molar-refractivity contribution in [2.24, 2.45) is 0 Å². The van der Waals surface area contributed by atoms with Gasteiger partial charge in [0.1, 0.15) is 6.29 Å². The van der Waals surface area contributed by atoms with Crippen LogP contribution in [0.2, 0.25) is 0 Å². The molecule has 0 heterocycles. The van der Waals surface area contributed by atoms with Crippen molar-refractivity contribution in [1.29, 1.82) is 0 Å². The van der Waals surface area contributed by atoms with E-state index in [4.69, 9.17) is 0 Å². The molecule has 3 rings (SSSR count). The molecule has 0 bridgehead atoms. The van der Waals surface area contributed by atoms with Crippen molar-refractivity contribution in [3.63, 3.8) is 0 Å². The number of carbonyl (C=O) groups is 3. The number of nitro benzene ring substituents is 3. The van der Waals surface area contributed by atoms with Crippen LogP contribution < -0.4 is 0 Å². The maximum Gasteiger partial charge on any atom is 0.273 e. The summed E-state index contributed by atoms with van der Waals surface area (Å²) in [4.78, 5) is 71.0. The number of Topliss-reactive ketones (excluding diaryl/α,β-unsaturated/α-hetero) is 2. The number of carbonyl (C=O) groups excluding carboxylic acids is 3. The van der Waals surface area contributed by atoms with E-state index in [1.54, 1.807) is 0 Å². The lowest BCUT2D eigenvalue weighted by molar-refractivity contribution is -0.385. The molecule has 0 spiro atoms. The van der Waals surface area contributed by atoms with Gasteiger partial charge in [0.25, 0.3) is 17.1 Å². The highest BCUT2D eigenvalue weighted by Gasteiger charge is 2.47. The van der Waals surface area contributed by atoms with Gasteiger partial charge >= 0.3 is 0 Å². The van der Waals surface area contributed by atoms with Gasteiger partial charge in [-0.05, 0) is 11.1 Å². The van der Waals surface area contributed by atoms with E-state index in [-0.39, 0.29) is 40.0 Å². The number of para-hydroxylation sites is 1. The minimum Gasteiger partial charge on any atom is -0.301 e. The third kappa shape index (κ3) is 5.01. The highest BCUT2D eigenvalue weighted by atomic mass is 16.6. The molecule has 0 aromatic heterocycles. The molecule has 0 saturated carbocycles. The summed E-state index contributed by atoms with van der Waals surface area (Å²) < 4.78 is 0. The smallest absolute Gasteiger partial charge is 0.273 e. The third-order valence-electron chi connectivity index (χ3n) is 5.62. The molecule has 0 saturated heterocycles. The van der Waals surface area contributed by atoms with Crippen LogP contribution in [0, 0.1) is 30.3 Å². The fourth-order valence-electron chi connectivity index (χ4n) is 3.78. The molecule has 36 heavy (non-hydrogen) atoms. The lowest BCUT2D eigenvalue weighted by Crippen LogP contribution is -2.47. The Balaban J connectivity index is 2.11. The van der Waals surface area contributed by atoms with Gasteiger partial charge in [-0.3, -0.25) is 39.9 Å². The van der Waals surface area contributed by atoms with E-state index in [1.165, 1.54) is 42.5 Å². The first-order valence-corrected chi connectivity index (χ1v) is 10.3. The lowest BCUT2D eigenvalue weighted by atomic mass is 9.71. The molecule has 0 N–H and O–H groups in total. The van der Waals surface area contributed by atoms with Gasteiger partial charge in [0, 0.05) is 48.7 Å².